The SMILES string of the molecule is C.COC(=O)c1cccc(-n2cnnn2)c1C.COC(=O)c1cccc(N)c1C.Cc1c(C=O)cccc1-n1cnnn1. The number of carbonyl (C=O) groups is 3. The van der Waals surface area contributed by atoms with Gasteiger partial charge in [0.15, 0.2) is 0 Å². The molecule has 0 aliphatic carbocycles. The van der Waals surface area contributed by atoms with Crippen LogP contribution in [-0.4, -0.2) is 72.9 Å². The summed E-state index contributed by atoms with van der Waals surface area (Å²) < 4.78 is 12.3. The van der Waals surface area contributed by atoms with Crippen LogP contribution in [0.5, 0.6) is 0 Å². The van der Waals surface area contributed by atoms with E-state index in [1.807, 2.05) is 26.0 Å². The quantitative estimate of drug-likeness (QED) is 0.180. The second kappa shape index (κ2) is 15.9. The van der Waals surface area contributed by atoms with Gasteiger partial charge in [-0.3, -0.25) is 4.79 Å². The lowest BCUT2D eigenvalue weighted by Crippen LogP contribution is -2.07. The van der Waals surface area contributed by atoms with E-state index in [-0.39, 0.29) is 19.4 Å². The molecule has 0 saturated carbocycles. The molecular weight excluding hydrogens is 554 g/mol. The Kier molecular flexibility index (Phi) is 12.3. The number of carbonyl (C=O) groups excluding carboxylic acids is 3. The highest BCUT2D eigenvalue weighted by atomic mass is 16.5. The number of hydrogen-bond acceptors (Lipinski definition) is 12. The Morgan fingerprint density at radius 3 is 1.65 bits per heavy atom. The Morgan fingerprint density at radius 1 is 0.721 bits per heavy atom. The van der Waals surface area contributed by atoms with Gasteiger partial charge in [-0.05, 0) is 88.6 Å². The average molecular weight is 588 g/mol. The molecule has 5 rings (SSSR count). The van der Waals surface area contributed by atoms with Gasteiger partial charge in [0.25, 0.3) is 0 Å². The molecular formula is C29H33N9O5. The number of nitrogen functional groups attached to an aromatic ring is 1. The van der Waals surface area contributed by atoms with Crippen molar-refractivity contribution >= 4 is 23.9 Å². The first-order valence-electron chi connectivity index (χ1n) is 12.4. The highest BCUT2D eigenvalue weighted by molar-refractivity contribution is 5.92. The van der Waals surface area contributed by atoms with E-state index < -0.39 is 0 Å². The summed E-state index contributed by atoms with van der Waals surface area (Å²) in [6, 6.07) is 15.9. The number of tetrazole rings is 2. The fourth-order valence-corrected chi connectivity index (χ4v) is 3.75. The van der Waals surface area contributed by atoms with E-state index in [1.54, 1.807) is 49.4 Å². The van der Waals surface area contributed by atoms with Gasteiger partial charge in [-0.25, -0.2) is 19.0 Å². The molecule has 43 heavy (non-hydrogen) atoms. The van der Waals surface area contributed by atoms with Crippen LogP contribution in [0.1, 0.15) is 55.2 Å². The first-order valence-corrected chi connectivity index (χ1v) is 12.4. The van der Waals surface area contributed by atoms with Crippen LogP contribution >= 0.6 is 0 Å². The zero-order valence-corrected chi connectivity index (χ0v) is 23.6. The van der Waals surface area contributed by atoms with Crippen LogP contribution in [0.4, 0.5) is 5.69 Å². The number of benzene rings is 3. The van der Waals surface area contributed by atoms with Crippen molar-refractivity contribution in [1.82, 2.24) is 40.4 Å². The smallest absolute Gasteiger partial charge is 0.338 e. The van der Waals surface area contributed by atoms with E-state index in [0.717, 1.165) is 34.4 Å². The molecule has 224 valence electrons. The minimum absolute atomic E-state index is 0. The van der Waals surface area contributed by atoms with Gasteiger partial charge >= 0.3 is 11.9 Å². The number of nitrogens with two attached hydrogens (primary N) is 1. The third-order valence-corrected chi connectivity index (χ3v) is 6.16. The van der Waals surface area contributed by atoms with Crippen LogP contribution in [0.15, 0.2) is 67.3 Å². The molecule has 3 aromatic carbocycles. The van der Waals surface area contributed by atoms with Crippen LogP contribution in [0.25, 0.3) is 11.4 Å². The standard InChI is InChI=1S/C10H10N4O2.C9H8N4O.C9H11NO2.CH4/c1-7-8(10(15)16-2)4-3-5-9(7)14-6-11-12-13-14;1-7-8(5-14)3-2-4-9(7)13-6-10-11-12-13;1-6-7(9(11)12-2)4-3-5-8(6)10;/h3-6H,1-2H3;2-6H,1H3;3-5H,10H2,1-2H3;1H4. The Hall–Kier alpha value is -5.79. The fraction of sp³-hybridized carbons (Fsp3) is 0.207. The molecule has 0 fully saturated rings. The third-order valence-electron chi connectivity index (χ3n) is 6.16. The topological polar surface area (TPSA) is 183 Å². The van der Waals surface area contributed by atoms with E-state index in [4.69, 9.17) is 5.73 Å². The maximum atomic E-state index is 11.5. The lowest BCUT2D eigenvalue weighted by Gasteiger charge is -2.08. The van der Waals surface area contributed by atoms with Crippen molar-refractivity contribution < 1.29 is 23.9 Å². The highest BCUT2D eigenvalue weighted by Gasteiger charge is 2.13. The van der Waals surface area contributed by atoms with Crippen molar-refractivity contribution in [3.05, 3.63) is 101 Å². The maximum absolute atomic E-state index is 11.5. The van der Waals surface area contributed by atoms with Gasteiger partial charge in [-0.1, -0.05) is 31.7 Å². The molecule has 0 atom stereocenters. The van der Waals surface area contributed by atoms with Crippen molar-refractivity contribution in [3.8, 4) is 11.4 Å². The summed E-state index contributed by atoms with van der Waals surface area (Å²) in [5.74, 6) is -0.716. The number of esters is 2. The molecule has 2 N–H and O–H groups in total. The lowest BCUT2D eigenvalue weighted by atomic mass is 10.1. The summed E-state index contributed by atoms with van der Waals surface area (Å²) in [7, 11) is 2.70. The van der Waals surface area contributed by atoms with E-state index in [9.17, 15) is 14.4 Å². The molecule has 0 amide bonds. The first-order chi connectivity index (χ1) is 20.2. The minimum atomic E-state index is -0.368. The second-order valence-electron chi connectivity index (χ2n) is 8.57. The van der Waals surface area contributed by atoms with E-state index in [1.165, 1.54) is 36.2 Å². The van der Waals surface area contributed by atoms with Crippen LogP contribution in [0.2, 0.25) is 0 Å². The number of aromatic nitrogens is 8. The summed E-state index contributed by atoms with van der Waals surface area (Å²) in [6.45, 7) is 5.48. The lowest BCUT2D eigenvalue weighted by molar-refractivity contribution is 0.0591. The van der Waals surface area contributed by atoms with Gasteiger partial charge in [-0.2, -0.15) is 0 Å². The molecule has 5 aromatic rings. The highest BCUT2D eigenvalue weighted by Crippen LogP contribution is 2.18. The zero-order valence-electron chi connectivity index (χ0n) is 23.6. The van der Waals surface area contributed by atoms with Gasteiger partial charge < -0.3 is 15.2 Å². The van der Waals surface area contributed by atoms with Crippen LogP contribution < -0.4 is 5.73 Å². The number of nitrogens with zero attached hydrogens (tertiary/aromatic N) is 8. The molecule has 0 aliphatic rings. The summed E-state index contributed by atoms with van der Waals surface area (Å²) in [5, 5.41) is 21.7. The first kappa shape index (κ1) is 33.4. The number of ether oxygens (including phenoxy) is 2. The van der Waals surface area contributed by atoms with E-state index in [2.05, 4.69) is 40.5 Å². The number of methoxy groups -OCH3 is 2. The minimum Gasteiger partial charge on any atom is -0.465 e. The van der Waals surface area contributed by atoms with Gasteiger partial charge in [0.05, 0.1) is 36.7 Å². The third kappa shape index (κ3) is 8.13. The van der Waals surface area contributed by atoms with Crippen LogP contribution in [-0.2, 0) is 9.47 Å². The van der Waals surface area contributed by atoms with Crippen molar-refractivity contribution in [2.45, 2.75) is 28.2 Å². The van der Waals surface area contributed by atoms with Crippen molar-refractivity contribution in [2.24, 2.45) is 0 Å². The van der Waals surface area contributed by atoms with Gasteiger partial charge in [-0.15, -0.1) is 10.2 Å². The summed E-state index contributed by atoms with van der Waals surface area (Å²) >= 11 is 0. The molecule has 2 heterocycles. The fourth-order valence-electron chi connectivity index (χ4n) is 3.75. The van der Waals surface area contributed by atoms with E-state index in [0.29, 0.717) is 22.4 Å². The van der Waals surface area contributed by atoms with Gasteiger partial charge in [0.2, 0.25) is 0 Å². The molecule has 0 radical (unpaired) electrons. The number of rotatable bonds is 5. The summed E-state index contributed by atoms with van der Waals surface area (Å²) in [6.07, 6.45) is 3.80. The Bertz CT molecular complexity index is 1650. The molecule has 0 unspecified atom stereocenters. The molecule has 14 nitrogen and oxygen atoms in total. The molecule has 0 spiro atoms. The zero-order chi connectivity index (χ0) is 30.6. The monoisotopic (exact) mass is 587 g/mol. The Balaban J connectivity index is 0.000000225. The average Bonchev–Trinajstić information content (AvgIpc) is 3.74. The second-order valence-corrected chi connectivity index (χ2v) is 8.57. The predicted octanol–water partition coefficient (Wildman–Crippen LogP) is 3.54. The summed E-state index contributed by atoms with van der Waals surface area (Å²) in [5.41, 5.74) is 11.9. The maximum Gasteiger partial charge on any atom is 0.338 e. The molecule has 14 heteroatoms. The van der Waals surface area contributed by atoms with E-state index >= 15 is 0 Å². The summed E-state index contributed by atoms with van der Waals surface area (Å²) in [4.78, 5) is 33.3. The number of aldehydes is 1. The van der Waals surface area contributed by atoms with Crippen LogP contribution in [0.3, 0.4) is 0 Å². The van der Waals surface area contributed by atoms with Crippen molar-refractivity contribution in [3.63, 3.8) is 0 Å². The number of anilines is 1. The molecule has 0 bridgehead atoms. The molecule has 0 aliphatic heterocycles. The van der Waals surface area contributed by atoms with Gasteiger partial charge in [0.1, 0.15) is 18.9 Å². The molecule has 2 aromatic heterocycles. The van der Waals surface area contributed by atoms with Gasteiger partial charge in [0, 0.05) is 11.3 Å². The van der Waals surface area contributed by atoms with Crippen LogP contribution in [0, 0.1) is 20.8 Å². The Morgan fingerprint density at radius 2 is 1.19 bits per heavy atom. The number of hydrogen-bond donors (Lipinski definition) is 1. The predicted molar refractivity (Wildman–Crippen MR) is 158 cm³/mol. The molecule has 0 saturated heterocycles. The van der Waals surface area contributed by atoms with Crippen molar-refractivity contribution in [2.75, 3.05) is 20.0 Å². The largest absolute Gasteiger partial charge is 0.465 e. The Labute approximate surface area is 248 Å². The van der Waals surface area contributed by atoms with Crippen molar-refractivity contribution in [1.29, 1.82) is 0 Å². The normalized spacial score (nSPS) is 9.70.